The van der Waals surface area contributed by atoms with E-state index in [4.69, 9.17) is 15.9 Å². The predicted molar refractivity (Wildman–Crippen MR) is 217 cm³/mol. The van der Waals surface area contributed by atoms with Crippen LogP contribution in [0.4, 0.5) is 17.3 Å². The third kappa shape index (κ3) is 7.26. The maximum absolute atomic E-state index is 13.3. The molecular weight excluding hydrogens is 737 g/mol. The molecule has 3 aromatic carbocycles. The number of hydrogen-bond donors (Lipinski definition) is 4. The zero-order chi connectivity index (χ0) is 39.9. The summed E-state index contributed by atoms with van der Waals surface area (Å²) in [6, 6.07) is 22.5. The molecule has 0 radical (unpaired) electrons. The predicted octanol–water partition coefficient (Wildman–Crippen LogP) is 3.90. The molecule has 4 fully saturated rings. The van der Waals surface area contributed by atoms with Gasteiger partial charge >= 0.3 is 0 Å². The molecule has 0 bridgehead atoms. The van der Waals surface area contributed by atoms with E-state index in [1.165, 1.54) is 6.33 Å². The van der Waals surface area contributed by atoms with E-state index < -0.39 is 23.8 Å². The number of amides is 4. The number of benzene rings is 3. The maximum Gasteiger partial charge on any atom is 0.262 e. The van der Waals surface area contributed by atoms with Crippen LogP contribution in [-0.2, 0) is 9.59 Å². The van der Waals surface area contributed by atoms with Crippen molar-refractivity contribution in [3.8, 4) is 11.5 Å². The number of likely N-dealkylation sites (tertiary alicyclic amines) is 2. The van der Waals surface area contributed by atoms with Crippen LogP contribution in [-0.4, -0.2) is 117 Å². The first-order chi connectivity index (χ1) is 28.2. The fourth-order valence-corrected chi connectivity index (χ4v) is 8.98. The SMILES string of the molecule is N=C(c1ccc(Oc2ccccc2)cc1)c1c(N)ncnc1NC1CCN(C2CCN(C3CN(c4ccc5c(c4)C(=O)N(C4CCC(=O)NC4=O)C5=O)C3)CC2)CC1. The zero-order valence-corrected chi connectivity index (χ0v) is 32.1. The van der Waals surface area contributed by atoms with Crippen LogP contribution in [0.5, 0.6) is 11.5 Å². The van der Waals surface area contributed by atoms with E-state index in [1.807, 2.05) is 60.7 Å². The number of nitrogens with zero attached hydrogens (tertiary/aromatic N) is 6. The molecule has 15 heteroatoms. The van der Waals surface area contributed by atoms with Crippen LogP contribution < -0.4 is 26.0 Å². The molecule has 4 aromatic rings. The van der Waals surface area contributed by atoms with Crippen molar-refractivity contribution in [3.63, 3.8) is 0 Å². The molecule has 5 N–H and O–H groups in total. The van der Waals surface area contributed by atoms with Crippen molar-refractivity contribution in [1.29, 1.82) is 5.41 Å². The Morgan fingerprint density at radius 2 is 1.45 bits per heavy atom. The average Bonchev–Trinajstić information content (AvgIpc) is 3.46. The number of anilines is 3. The number of aromatic nitrogens is 2. The van der Waals surface area contributed by atoms with Crippen molar-refractivity contribution < 1.29 is 23.9 Å². The Kier molecular flexibility index (Phi) is 10.1. The maximum atomic E-state index is 13.3. The average molecular weight is 783 g/mol. The van der Waals surface area contributed by atoms with Gasteiger partial charge in [0.05, 0.1) is 22.4 Å². The quantitative estimate of drug-likeness (QED) is 0.134. The van der Waals surface area contributed by atoms with Crippen LogP contribution in [0.2, 0.25) is 0 Å². The van der Waals surface area contributed by atoms with Crippen molar-refractivity contribution in [2.45, 2.75) is 62.7 Å². The van der Waals surface area contributed by atoms with Crippen molar-refractivity contribution in [2.75, 3.05) is 55.2 Å². The van der Waals surface area contributed by atoms with Gasteiger partial charge in [-0.2, -0.15) is 0 Å². The molecule has 1 atom stereocenters. The van der Waals surface area contributed by atoms with Gasteiger partial charge in [0.1, 0.15) is 35.5 Å². The molecular formula is C43H46N10O5. The zero-order valence-electron chi connectivity index (χ0n) is 32.1. The molecule has 9 rings (SSSR count). The van der Waals surface area contributed by atoms with Gasteiger partial charge in [-0.3, -0.25) is 39.7 Å². The van der Waals surface area contributed by atoms with Crippen LogP contribution in [0.15, 0.2) is 79.1 Å². The molecule has 0 saturated carbocycles. The van der Waals surface area contributed by atoms with Gasteiger partial charge < -0.3 is 25.6 Å². The highest BCUT2D eigenvalue weighted by Crippen LogP contribution is 2.34. The van der Waals surface area contributed by atoms with Crippen LogP contribution in [0.3, 0.4) is 0 Å². The normalized spacial score (nSPS) is 21.1. The lowest BCUT2D eigenvalue weighted by Crippen LogP contribution is -2.62. The molecule has 5 aliphatic rings. The van der Waals surface area contributed by atoms with Crippen LogP contribution >= 0.6 is 0 Å². The Morgan fingerprint density at radius 1 is 0.776 bits per heavy atom. The topological polar surface area (TPSA) is 190 Å². The van der Waals surface area contributed by atoms with Crippen LogP contribution in [0.1, 0.15) is 70.4 Å². The largest absolute Gasteiger partial charge is 0.457 e. The summed E-state index contributed by atoms with van der Waals surface area (Å²) in [7, 11) is 0. The molecule has 298 valence electrons. The molecule has 4 amide bonds. The minimum absolute atomic E-state index is 0.0951. The van der Waals surface area contributed by atoms with Gasteiger partial charge in [-0.05, 0) is 86.7 Å². The summed E-state index contributed by atoms with van der Waals surface area (Å²) in [4.78, 5) is 67.7. The van der Waals surface area contributed by atoms with E-state index in [1.54, 1.807) is 12.1 Å². The second-order valence-corrected chi connectivity index (χ2v) is 15.8. The highest BCUT2D eigenvalue weighted by atomic mass is 16.5. The van der Waals surface area contributed by atoms with Gasteiger partial charge in [0, 0.05) is 75.1 Å². The second kappa shape index (κ2) is 15.6. The number of rotatable bonds is 10. The number of nitrogen functional groups attached to an aromatic ring is 1. The number of ether oxygens (including phenoxy) is 1. The Bertz CT molecular complexity index is 2250. The van der Waals surface area contributed by atoms with E-state index in [-0.39, 0.29) is 36.3 Å². The minimum atomic E-state index is -0.968. The third-order valence-corrected chi connectivity index (χ3v) is 12.3. The summed E-state index contributed by atoms with van der Waals surface area (Å²) >= 11 is 0. The van der Waals surface area contributed by atoms with Gasteiger partial charge in [0.25, 0.3) is 11.8 Å². The van der Waals surface area contributed by atoms with Gasteiger partial charge in [-0.15, -0.1) is 0 Å². The fourth-order valence-electron chi connectivity index (χ4n) is 8.98. The first kappa shape index (κ1) is 37.4. The summed E-state index contributed by atoms with van der Waals surface area (Å²) in [5, 5.41) is 14.9. The lowest BCUT2D eigenvalue weighted by atomic mass is 9.95. The standard InChI is InChI=1S/C43H46N10O5/c44-38(26-6-9-32(10-7-26)58-31-4-2-1-3-5-31)37-39(45)46-25-47-40(37)48-27-14-18-50(19-15-27)28-16-20-51(21-17-28)30-23-52(24-30)29-8-11-33-34(22-29)43(57)53(42(33)56)35-12-13-36(54)49-41(35)55/h1-11,22,25,27-28,30,35,44H,12-21,23-24H2,(H,49,54,55)(H3,45,46,47,48). The van der Waals surface area contributed by atoms with Gasteiger partial charge in [-0.25, -0.2) is 9.97 Å². The molecule has 4 saturated heterocycles. The molecule has 1 aromatic heterocycles. The highest BCUT2D eigenvalue weighted by molar-refractivity contribution is 6.23. The number of piperidine rings is 3. The molecule has 58 heavy (non-hydrogen) atoms. The molecule has 0 spiro atoms. The Labute approximate surface area is 336 Å². The van der Waals surface area contributed by atoms with Crippen LogP contribution in [0.25, 0.3) is 0 Å². The van der Waals surface area contributed by atoms with Crippen LogP contribution in [0, 0.1) is 5.41 Å². The first-order valence-electron chi connectivity index (χ1n) is 20.1. The number of carbonyl (C=O) groups is 4. The van der Waals surface area contributed by atoms with Crippen molar-refractivity contribution >= 4 is 46.7 Å². The number of para-hydroxylation sites is 1. The number of hydrogen-bond acceptors (Lipinski definition) is 13. The highest BCUT2D eigenvalue weighted by Gasteiger charge is 2.45. The summed E-state index contributed by atoms with van der Waals surface area (Å²) in [6.45, 7) is 5.72. The second-order valence-electron chi connectivity index (χ2n) is 15.8. The van der Waals surface area contributed by atoms with E-state index >= 15 is 0 Å². The number of imide groups is 2. The Balaban J connectivity index is 0.741. The monoisotopic (exact) mass is 782 g/mol. The summed E-state index contributed by atoms with van der Waals surface area (Å²) in [5.41, 5.74) is 9.30. The molecule has 1 unspecified atom stereocenters. The molecule has 6 heterocycles. The van der Waals surface area contributed by atoms with Crippen molar-refractivity contribution in [1.82, 2.24) is 30.0 Å². The number of nitrogens with one attached hydrogen (secondary N) is 3. The van der Waals surface area contributed by atoms with Crippen molar-refractivity contribution in [2.24, 2.45) is 0 Å². The number of carbonyl (C=O) groups excluding carboxylic acids is 4. The van der Waals surface area contributed by atoms with Crippen molar-refractivity contribution in [3.05, 3.63) is 101 Å². The van der Waals surface area contributed by atoms with E-state index in [0.717, 1.165) is 81.3 Å². The van der Waals surface area contributed by atoms with Gasteiger partial charge in [0.15, 0.2) is 0 Å². The van der Waals surface area contributed by atoms with E-state index in [2.05, 4.69) is 35.3 Å². The smallest absolute Gasteiger partial charge is 0.262 e. The summed E-state index contributed by atoms with van der Waals surface area (Å²) < 4.78 is 5.93. The summed E-state index contributed by atoms with van der Waals surface area (Å²) in [6.07, 6.45) is 5.82. The fraction of sp³-hybridized carbons (Fsp3) is 0.372. The Morgan fingerprint density at radius 3 is 2.17 bits per heavy atom. The third-order valence-electron chi connectivity index (χ3n) is 12.3. The molecule has 0 aliphatic carbocycles. The van der Waals surface area contributed by atoms with E-state index in [9.17, 15) is 19.2 Å². The van der Waals surface area contributed by atoms with Gasteiger partial charge in [0.2, 0.25) is 11.8 Å². The number of nitrogens with two attached hydrogens (primary N) is 1. The first-order valence-corrected chi connectivity index (χ1v) is 20.1. The minimum Gasteiger partial charge on any atom is -0.457 e. The molecule has 5 aliphatic heterocycles. The lowest BCUT2D eigenvalue weighted by Gasteiger charge is -2.50. The van der Waals surface area contributed by atoms with E-state index in [0.29, 0.717) is 45.9 Å². The van der Waals surface area contributed by atoms with Gasteiger partial charge in [-0.1, -0.05) is 18.2 Å². The summed E-state index contributed by atoms with van der Waals surface area (Å²) in [5.74, 6) is 0.317. The molecule has 15 nitrogen and oxygen atoms in total. The number of fused-ring (bicyclic) bond motifs is 1. The lowest BCUT2D eigenvalue weighted by molar-refractivity contribution is -0.136. The Hall–Kier alpha value is -6.19.